The van der Waals surface area contributed by atoms with Gasteiger partial charge < -0.3 is 9.90 Å². The first kappa shape index (κ1) is 12.0. The van der Waals surface area contributed by atoms with Crippen LogP contribution in [0.2, 0.25) is 0 Å². The monoisotopic (exact) mass is 222 g/mol. The van der Waals surface area contributed by atoms with Gasteiger partial charge in [-0.05, 0) is 6.92 Å². The molecule has 84 valence electrons. The van der Waals surface area contributed by atoms with Gasteiger partial charge in [0, 0.05) is 0 Å². The largest absolute Gasteiger partial charge is 0.481 e. The van der Waals surface area contributed by atoms with Crippen molar-refractivity contribution in [3.05, 3.63) is 24.3 Å². The van der Waals surface area contributed by atoms with Crippen LogP contribution in [0.5, 0.6) is 0 Å². The summed E-state index contributed by atoms with van der Waals surface area (Å²) in [6.07, 6.45) is 5.35. The third-order valence-electron chi connectivity index (χ3n) is 2.90. The number of aldehydes is 2. The molecule has 0 fully saturated rings. The fraction of sp³-hybridized carbons (Fsp3) is 0.273. The summed E-state index contributed by atoms with van der Waals surface area (Å²) in [5.41, 5.74) is -3.68. The van der Waals surface area contributed by atoms with Gasteiger partial charge in [0.25, 0.3) is 0 Å². The second-order valence-electron chi connectivity index (χ2n) is 3.69. The Kier molecular flexibility index (Phi) is 2.89. The molecule has 0 aromatic rings. The Morgan fingerprint density at radius 1 is 1.19 bits per heavy atom. The molecule has 0 saturated heterocycles. The molecule has 2 unspecified atom stereocenters. The molecule has 0 bridgehead atoms. The number of allylic oxidation sites excluding steroid dienone is 3. The highest BCUT2D eigenvalue weighted by atomic mass is 16.4. The predicted octanol–water partition coefficient (Wildman–Crippen LogP) is 0.157. The zero-order valence-corrected chi connectivity index (χ0v) is 8.54. The number of carbonyl (C=O) groups excluding carboxylic acids is 3. The zero-order chi connectivity index (χ0) is 12.4. The topological polar surface area (TPSA) is 88.5 Å². The second kappa shape index (κ2) is 3.84. The van der Waals surface area contributed by atoms with E-state index in [4.69, 9.17) is 5.11 Å². The fourth-order valence-electron chi connectivity index (χ4n) is 1.67. The van der Waals surface area contributed by atoms with Gasteiger partial charge in [0.05, 0.1) is 0 Å². The normalized spacial score (nSPS) is 32.1. The summed E-state index contributed by atoms with van der Waals surface area (Å²) >= 11 is 0. The second-order valence-corrected chi connectivity index (χ2v) is 3.69. The number of aliphatic carboxylic acids is 1. The van der Waals surface area contributed by atoms with E-state index in [9.17, 15) is 19.2 Å². The minimum Gasteiger partial charge on any atom is -0.481 e. The molecule has 1 N–H and O–H groups in total. The van der Waals surface area contributed by atoms with Gasteiger partial charge in [-0.2, -0.15) is 0 Å². The summed E-state index contributed by atoms with van der Waals surface area (Å²) in [4.78, 5) is 44.2. The third kappa shape index (κ3) is 1.32. The van der Waals surface area contributed by atoms with Crippen molar-refractivity contribution < 1.29 is 24.3 Å². The number of carbonyl (C=O) groups is 4. The summed E-state index contributed by atoms with van der Waals surface area (Å²) in [6, 6.07) is 0. The average molecular weight is 222 g/mol. The molecule has 0 aromatic heterocycles. The molecule has 0 radical (unpaired) electrons. The van der Waals surface area contributed by atoms with E-state index in [1.165, 1.54) is 25.2 Å². The van der Waals surface area contributed by atoms with Crippen LogP contribution in [-0.4, -0.2) is 29.4 Å². The Hall–Kier alpha value is -2.04. The molecule has 0 amide bonds. The highest BCUT2D eigenvalue weighted by Crippen LogP contribution is 2.43. The number of ketones is 1. The van der Waals surface area contributed by atoms with Crippen molar-refractivity contribution in [1.29, 1.82) is 0 Å². The van der Waals surface area contributed by atoms with Crippen LogP contribution in [-0.2, 0) is 19.2 Å². The first-order valence-electron chi connectivity index (χ1n) is 4.51. The SMILES string of the molecule is CC1(C(=O)O)C=CC=CC1(C=O)C(=O)C=O. The van der Waals surface area contributed by atoms with E-state index >= 15 is 0 Å². The molecule has 0 aromatic carbocycles. The van der Waals surface area contributed by atoms with E-state index in [1.54, 1.807) is 0 Å². The Morgan fingerprint density at radius 3 is 2.19 bits per heavy atom. The number of carboxylic acids is 1. The van der Waals surface area contributed by atoms with Crippen LogP contribution < -0.4 is 0 Å². The van der Waals surface area contributed by atoms with Gasteiger partial charge in [0.2, 0.25) is 5.78 Å². The lowest BCUT2D eigenvalue weighted by Crippen LogP contribution is -2.51. The maximum Gasteiger partial charge on any atom is 0.315 e. The Morgan fingerprint density at radius 2 is 1.75 bits per heavy atom. The molecule has 1 rings (SSSR count). The van der Waals surface area contributed by atoms with Crippen LogP contribution >= 0.6 is 0 Å². The number of rotatable bonds is 4. The van der Waals surface area contributed by atoms with Crippen molar-refractivity contribution in [1.82, 2.24) is 0 Å². The molecule has 1 aliphatic carbocycles. The first-order valence-corrected chi connectivity index (χ1v) is 4.51. The third-order valence-corrected chi connectivity index (χ3v) is 2.90. The van der Waals surface area contributed by atoms with Crippen molar-refractivity contribution >= 4 is 24.3 Å². The first-order chi connectivity index (χ1) is 7.44. The lowest BCUT2D eigenvalue weighted by atomic mass is 9.61. The number of hydrogen-bond donors (Lipinski definition) is 1. The maximum absolute atomic E-state index is 11.5. The Labute approximate surface area is 91.4 Å². The van der Waals surface area contributed by atoms with E-state index in [1.807, 2.05) is 0 Å². The quantitative estimate of drug-likeness (QED) is 0.415. The highest BCUT2D eigenvalue weighted by Gasteiger charge is 2.56. The van der Waals surface area contributed by atoms with Crippen LogP contribution in [0.3, 0.4) is 0 Å². The molecular weight excluding hydrogens is 212 g/mol. The van der Waals surface area contributed by atoms with Gasteiger partial charge in [0.1, 0.15) is 17.1 Å². The molecule has 0 aliphatic heterocycles. The summed E-state index contributed by atoms with van der Waals surface area (Å²) in [7, 11) is 0. The van der Waals surface area contributed by atoms with E-state index in [0.29, 0.717) is 0 Å². The molecule has 1 aliphatic rings. The van der Waals surface area contributed by atoms with Crippen LogP contribution in [0.1, 0.15) is 6.92 Å². The maximum atomic E-state index is 11.5. The molecule has 0 saturated carbocycles. The van der Waals surface area contributed by atoms with Gasteiger partial charge in [-0.15, -0.1) is 0 Å². The lowest BCUT2D eigenvalue weighted by molar-refractivity contribution is -0.157. The summed E-state index contributed by atoms with van der Waals surface area (Å²) in [5.74, 6) is -2.40. The minimum absolute atomic E-state index is 0.0287. The predicted molar refractivity (Wildman–Crippen MR) is 53.6 cm³/mol. The molecule has 0 heterocycles. The smallest absolute Gasteiger partial charge is 0.315 e. The summed E-state index contributed by atoms with van der Waals surface area (Å²) in [5, 5.41) is 9.10. The molecular formula is C11H10O5. The van der Waals surface area contributed by atoms with Crippen molar-refractivity contribution in [2.45, 2.75) is 6.92 Å². The standard InChI is InChI=1S/C11H10O5/c1-10(9(15)16)4-2-3-5-11(10,7-13)8(14)6-12/h2-7H,1H3,(H,15,16). The van der Waals surface area contributed by atoms with E-state index in [0.717, 1.165) is 6.08 Å². The van der Waals surface area contributed by atoms with E-state index < -0.39 is 22.6 Å². The highest BCUT2D eigenvalue weighted by molar-refractivity contribution is 6.33. The van der Waals surface area contributed by atoms with Crippen LogP contribution in [0.25, 0.3) is 0 Å². The van der Waals surface area contributed by atoms with Crippen LogP contribution in [0.4, 0.5) is 0 Å². The van der Waals surface area contributed by atoms with Crippen molar-refractivity contribution in [3.63, 3.8) is 0 Å². The fourth-order valence-corrected chi connectivity index (χ4v) is 1.67. The number of Topliss-reactive ketones (excluding diaryl/α,β-unsaturated/α-hetero) is 1. The van der Waals surface area contributed by atoms with Gasteiger partial charge in [0.15, 0.2) is 6.29 Å². The lowest BCUT2D eigenvalue weighted by Gasteiger charge is -2.36. The van der Waals surface area contributed by atoms with Crippen LogP contribution in [0.15, 0.2) is 24.3 Å². The Bertz CT molecular complexity index is 420. The summed E-state index contributed by atoms with van der Waals surface area (Å²) < 4.78 is 0. The van der Waals surface area contributed by atoms with Crippen molar-refractivity contribution in [3.8, 4) is 0 Å². The minimum atomic E-state index is -1.95. The zero-order valence-electron chi connectivity index (χ0n) is 8.54. The number of carboxylic acid groups (broad SMARTS) is 1. The summed E-state index contributed by atoms with van der Waals surface area (Å²) in [6.45, 7) is 1.23. The average Bonchev–Trinajstić information content (AvgIpc) is 2.28. The van der Waals surface area contributed by atoms with Crippen molar-refractivity contribution in [2.24, 2.45) is 10.8 Å². The van der Waals surface area contributed by atoms with Crippen LogP contribution in [0, 0.1) is 10.8 Å². The van der Waals surface area contributed by atoms with Gasteiger partial charge >= 0.3 is 5.97 Å². The van der Waals surface area contributed by atoms with Gasteiger partial charge in [-0.1, -0.05) is 24.3 Å². The van der Waals surface area contributed by atoms with E-state index in [2.05, 4.69) is 0 Å². The number of hydrogen-bond acceptors (Lipinski definition) is 4. The molecule has 5 heteroatoms. The molecule has 5 nitrogen and oxygen atoms in total. The Balaban J connectivity index is 3.47. The molecule has 0 spiro atoms. The van der Waals surface area contributed by atoms with Gasteiger partial charge in [-0.3, -0.25) is 14.4 Å². The molecule has 16 heavy (non-hydrogen) atoms. The van der Waals surface area contributed by atoms with E-state index in [-0.39, 0.29) is 12.6 Å². The molecule has 2 atom stereocenters. The van der Waals surface area contributed by atoms with Crippen molar-refractivity contribution in [2.75, 3.05) is 0 Å². The van der Waals surface area contributed by atoms with Gasteiger partial charge in [-0.25, -0.2) is 0 Å².